The molecule has 0 aliphatic carbocycles. The third-order valence-corrected chi connectivity index (χ3v) is 3.67. The van der Waals surface area contributed by atoms with Crippen molar-refractivity contribution in [1.82, 2.24) is 5.32 Å². The summed E-state index contributed by atoms with van der Waals surface area (Å²) in [6.07, 6.45) is 3.93. The smallest absolute Gasteiger partial charge is 0.321 e. The molecule has 2 aromatic rings. The Bertz CT molecular complexity index is 740. The Morgan fingerprint density at radius 1 is 1.20 bits per heavy atom. The highest BCUT2D eigenvalue weighted by molar-refractivity contribution is 5.74. The van der Waals surface area contributed by atoms with Crippen LogP contribution in [0.1, 0.15) is 11.1 Å². The summed E-state index contributed by atoms with van der Waals surface area (Å²) in [4.78, 5) is 11.4. The number of benzene rings is 2. The van der Waals surface area contributed by atoms with E-state index in [4.69, 9.17) is 4.74 Å². The van der Waals surface area contributed by atoms with Crippen LogP contribution in [0.3, 0.4) is 0 Å². The quantitative estimate of drug-likeness (QED) is 0.587. The number of rotatable bonds is 8. The van der Waals surface area contributed by atoms with Crippen molar-refractivity contribution < 1.29 is 24.9 Å². The SMILES string of the molecule is COc1cc(C=CCN[C@@H](Cc2ccc(O)cc2)C(=O)O)ccc1O. The largest absolute Gasteiger partial charge is 0.508 e. The zero-order valence-corrected chi connectivity index (χ0v) is 13.8. The Morgan fingerprint density at radius 2 is 1.92 bits per heavy atom. The normalized spacial score (nSPS) is 12.2. The second-order valence-corrected chi connectivity index (χ2v) is 5.50. The summed E-state index contributed by atoms with van der Waals surface area (Å²) in [6.45, 7) is 0.373. The lowest BCUT2D eigenvalue weighted by molar-refractivity contribution is -0.139. The number of carbonyl (C=O) groups is 1. The average Bonchev–Trinajstić information content (AvgIpc) is 2.60. The zero-order valence-electron chi connectivity index (χ0n) is 13.8. The van der Waals surface area contributed by atoms with Crippen LogP contribution in [-0.2, 0) is 11.2 Å². The highest BCUT2D eigenvalue weighted by Gasteiger charge is 2.16. The molecule has 6 nitrogen and oxygen atoms in total. The van der Waals surface area contributed by atoms with Crippen molar-refractivity contribution in [2.75, 3.05) is 13.7 Å². The summed E-state index contributed by atoms with van der Waals surface area (Å²) >= 11 is 0. The van der Waals surface area contributed by atoms with Crippen LogP contribution in [0.15, 0.2) is 48.5 Å². The molecule has 2 rings (SSSR count). The van der Waals surface area contributed by atoms with E-state index >= 15 is 0 Å². The molecule has 0 saturated heterocycles. The number of carboxylic acid groups (broad SMARTS) is 1. The number of aromatic hydroxyl groups is 2. The van der Waals surface area contributed by atoms with Gasteiger partial charge in [0.25, 0.3) is 0 Å². The van der Waals surface area contributed by atoms with Gasteiger partial charge in [-0.25, -0.2) is 0 Å². The van der Waals surface area contributed by atoms with Gasteiger partial charge in [-0.1, -0.05) is 30.4 Å². The van der Waals surface area contributed by atoms with Crippen LogP contribution in [0.2, 0.25) is 0 Å². The van der Waals surface area contributed by atoms with E-state index in [0.717, 1.165) is 11.1 Å². The lowest BCUT2D eigenvalue weighted by atomic mass is 10.1. The fourth-order valence-corrected chi connectivity index (χ4v) is 2.32. The first-order chi connectivity index (χ1) is 12.0. The Morgan fingerprint density at radius 3 is 2.56 bits per heavy atom. The van der Waals surface area contributed by atoms with Crippen molar-refractivity contribution >= 4 is 12.0 Å². The first-order valence-electron chi connectivity index (χ1n) is 7.77. The number of hydrogen-bond acceptors (Lipinski definition) is 5. The molecule has 132 valence electrons. The van der Waals surface area contributed by atoms with Gasteiger partial charge >= 0.3 is 5.97 Å². The van der Waals surface area contributed by atoms with E-state index in [2.05, 4.69) is 5.32 Å². The molecular weight excluding hydrogens is 322 g/mol. The fourth-order valence-electron chi connectivity index (χ4n) is 2.32. The number of phenols is 2. The maximum Gasteiger partial charge on any atom is 0.321 e. The van der Waals surface area contributed by atoms with Crippen molar-refractivity contribution in [3.63, 3.8) is 0 Å². The highest BCUT2D eigenvalue weighted by Crippen LogP contribution is 2.26. The first kappa shape index (κ1) is 18.4. The lowest BCUT2D eigenvalue weighted by Crippen LogP contribution is -2.38. The van der Waals surface area contributed by atoms with Gasteiger partial charge in [-0.15, -0.1) is 0 Å². The summed E-state index contributed by atoms with van der Waals surface area (Å²) in [6, 6.07) is 10.7. The van der Waals surface area contributed by atoms with Crippen molar-refractivity contribution in [2.24, 2.45) is 0 Å². The first-order valence-corrected chi connectivity index (χ1v) is 7.77. The van der Waals surface area contributed by atoms with Crippen LogP contribution in [-0.4, -0.2) is 41.0 Å². The molecule has 0 fully saturated rings. The van der Waals surface area contributed by atoms with Gasteiger partial charge in [-0.2, -0.15) is 0 Å². The van der Waals surface area contributed by atoms with Crippen LogP contribution in [0, 0.1) is 0 Å². The van der Waals surface area contributed by atoms with Gasteiger partial charge < -0.3 is 25.4 Å². The predicted molar refractivity (Wildman–Crippen MR) is 94.9 cm³/mol. The van der Waals surface area contributed by atoms with E-state index in [0.29, 0.717) is 18.7 Å². The Kier molecular flexibility index (Phi) is 6.42. The Balaban J connectivity index is 1.92. The summed E-state index contributed by atoms with van der Waals surface area (Å²) < 4.78 is 5.04. The van der Waals surface area contributed by atoms with Crippen molar-refractivity contribution in [3.05, 3.63) is 59.7 Å². The third kappa shape index (κ3) is 5.54. The summed E-state index contributed by atoms with van der Waals surface area (Å²) in [5.41, 5.74) is 1.66. The molecule has 0 aliphatic heterocycles. The molecule has 0 amide bonds. The van der Waals surface area contributed by atoms with Crippen molar-refractivity contribution in [1.29, 1.82) is 0 Å². The summed E-state index contributed by atoms with van der Waals surface area (Å²) in [5.74, 6) is -0.341. The number of methoxy groups -OCH3 is 1. The van der Waals surface area contributed by atoms with E-state index in [9.17, 15) is 20.1 Å². The molecule has 0 aromatic heterocycles. The molecule has 0 heterocycles. The van der Waals surface area contributed by atoms with Crippen LogP contribution in [0.4, 0.5) is 0 Å². The van der Waals surface area contributed by atoms with Gasteiger partial charge in [0, 0.05) is 6.54 Å². The second-order valence-electron chi connectivity index (χ2n) is 5.50. The van der Waals surface area contributed by atoms with E-state index in [1.807, 2.05) is 6.08 Å². The standard InChI is InChI=1S/C19H21NO5/c1-25-18-12-13(6-9-17(18)22)3-2-10-20-16(19(23)24)11-14-4-7-15(21)8-5-14/h2-9,12,16,20-22H,10-11H2,1H3,(H,23,24)/t16-/m0/s1. The molecule has 4 N–H and O–H groups in total. The Hall–Kier alpha value is -2.99. The topological polar surface area (TPSA) is 99.0 Å². The predicted octanol–water partition coefficient (Wildman–Crippen LogP) is 2.41. The van der Waals surface area contributed by atoms with Gasteiger partial charge in [-0.05, 0) is 41.8 Å². The number of phenolic OH excluding ortho intramolecular Hbond substituents is 2. The van der Waals surface area contributed by atoms with Crippen LogP contribution >= 0.6 is 0 Å². The minimum Gasteiger partial charge on any atom is -0.508 e. The molecule has 1 atom stereocenters. The van der Waals surface area contributed by atoms with Crippen molar-refractivity contribution in [2.45, 2.75) is 12.5 Å². The molecule has 2 aromatic carbocycles. The molecular formula is C19H21NO5. The monoisotopic (exact) mass is 343 g/mol. The van der Waals surface area contributed by atoms with E-state index < -0.39 is 12.0 Å². The number of hydrogen-bond donors (Lipinski definition) is 4. The van der Waals surface area contributed by atoms with Crippen LogP contribution in [0.5, 0.6) is 17.2 Å². The maximum absolute atomic E-state index is 11.4. The number of aliphatic carboxylic acids is 1. The number of nitrogens with one attached hydrogen (secondary N) is 1. The molecule has 0 unspecified atom stereocenters. The summed E-state index contributed by atoms with van der Waals surface area (Å²) in [5, 5.41) is 31.1. The fraction of sp³-hybridized carbons (Fsp3) is 0.211. The van der Waals surface area contributed by atoms with Crippen molar-refractivity contribution in [3.8, 4) is 17.2 Å². The maximum atomic E-state index is 11.4. The highest BCUT2D eigenvalue weighted by atomic mass is 16.5. The average molecular weight is 343 g/mol. The lowest BCUT2D eigenvalue weighted by Gasteiger charge is -2.13. The number of ether oxygens (including phenoxy) is 1. The summed E-state index contributed by atoms with van der Waals surface area (Å²) in [7, 11) is 1.48. The van der Waals surface area contributed by atoms with Gasteiger partial charge in [0.15, 0.2) is 11.5 Å². The molecule has 25 heavy (non-hydrogen) atoms. The molecule has 0 bridgehead atoms. The number of carboxylic acids is 1. The Labute approximate surface area is 146 Å². The van der Waals surface area contributed by atoms with Crippen LogP contribution < -0.4 is 10.1 Å². The van der Waals surface area contributed by atoms with E-state index in [1.165, 1.54) is 25.3 Å². The van der Waals surface area contributed by atoms with Gasteiger partial charge in [0.2, 0.25) is 0 Å². The zero-order chi connectivity index (χ0) is 18.2. The molecule has 0 radical (unpaired) electrons. The molecule has 6 heteroatoms. The molecule has 0 spiro atoms. The minimum atomic E-state index is -0.937. The minimum absolute atomic E-state index is 0.0672. The molecule has 0 saturated carbocycles. The van der Waals surface area contributed by atoms with Crippen LogP contribution in [0.25, 0.3) is 6.08 Å². The van der Waals surface area contributed by atoms with Gasteiger partial charge in [0.05, 0.1) is 7.11 Å². The molecule has 0 aliphatic rings. The second kappa shape index (κ2) is 8.75. The third-order valence-electron chi connectivity index (χ3n) is 3.67. The van der Waals surface area contributed by atoms with E-state index in [1.54, 1.807) is 30.3 Å². The van der Waals surface area contributed by atoms with Gasteiger partial charge in [0.1, 0.15) is 11.8 Å². The van der Waals surface area contributed by atoms with E-state index in [-0.39, 0.29) is 11.5 Å². The van der Waals surface area contributed by atoms with Gasteiger partial charge in [-0.3, -0.25) is 4.79 Å².